The van der Waals surface area contributed by atoms with Gasteiger partial charge in [0.15, 0.2) is 16.5 Å². The summed E-state index contributed by atoms with van der Waals surface area (Å²) in [7, 11) is 1.68. The molecule has 1 aromatic carbocycles. The molecule has 128 valence electrons. The van der Waals surface area contributed by atoms with Crippen molar-refractivity contribution in [3.63, 3.8) is 0 Å². The maximum absolute atomic E-state index is 12.9. The first-order chi connectivity index (χ1) is 11.8. The normalized spacial score (nSPS) is 12.3. The van der Waals surface area contributed by atoms with Crippen LogP contribution in [0.2, 0.25) is 0 Å². The lowest BCUT2D eigenvalue weighted by atomic mass is 10.1. The van der Waals surface area contributed by atoms with E-state index in [0.717, 1.165) is 0 Å². The predicted octanol–water partition coefficient (Wildman–Crippen LogP) is 3.69. The van der Waals surface area contributed by atoms with Crippen molar-refractivity contribution in [1.82, 2.24) is 19.3 Å². The lowest BCUT2D eigenvalue weighted by Crippen LogP contribution is -2.05. The molecule has 0 aliphatic rings. The summed E-state index contributed by atoms with van der Waals surface area (Å²) in [6.07, 6.45) is -2.83. The lowest BCUT2D eigenvalue weighted by molar-refractivity contribution is -0.137. The fourth-order valence-electron chi connectivity index (χ4n) is 2.76. The molecule has 6 nitrogen and oxygen atoms in total. The molecule has 25 heavy (non-hydrogen) atoms. The molecule has 0 bridgehead atoms. The van der Waals surface area contributed by atoms with Gasteiger partial charge in [0, 0.05) is 29.4 Å². The number of aromatic nitrogens is 4. The van der Waals surface area contributed by atoms with Crippen molar-refractivity contribution in [2.75, 3.05) is 0 Å². The van der Waals surface area contributed by atoms with Crippen LogP contribution < -0.4 is 0 Å². The molecule has 4 rings (SSSR count). The van der Waals surface area contributed by atoms with E-state index < -0.39 is 17.2 Å². The van der Waals surface area contributed by atoms with Crippen LogP contribution in [-0.2, 0) is 13.2 Å². The molecule has 0 atom stereocenters. The summed E-state index contributed by atoms with van der Waals surface area (Å²) < 4.78 is 41.6. The second-order valence-electron chi connectivity index (χ2n) is 5.42. The number of benzene rings is 1. The Labute approximate surface area is 141 Å². The summed E-state index contributed by atoms with van der Waals surface area (Å²) in [5.41, 5.74) is 1.05. The monoisotopic (exact) mass is 366 g/mol. The summed E-state index contributed by atoms with van der Waals surface area (Å²) in [5.74, 6) is -0.987. The minimum absolute atomic E-state index is 0.0876. The molecule has 0 amide bonds. The number of nitrogens with zero attached hydrogens (tertiary/aromatic N) is 4. The van der Waals surface area contributed by atoms with E-state index in [4.69, 9.17) is 0 Å². The number of carbonyl (C=O) groups is 1. The fourth-order valence-corrected chi connectivity index (χ4v) is 3.41. The minimum Gasteiger partial charge on any atom is -0.478 e. The number of hydrogen-bond donors (Lipinski definition) is 1. The van der Waals surface area contributed by atoms with Crippen LogP contribution in [0.15, 0.2) is 29.8 Å². The van der Waals surface area contributed by atoms with Gasteiger partial charge in [-0.3, -0.25) is 9.25 Å². The molecule has 10 heteroatoms. The summed E-state index contributed by atoms with van der Waals surface area (Å²) >= 11 is 0.501. The lowest BCUT2D eigenvalue weighted by Gasteiger charge is -2.04. The predicted molar refractivity (Wildman–Crippen MR) is 85.2 cm³/mol. The molecule has 0 radical (unpaired) electrons. The molecule has 0 spiro atoms. The Morgan fingerprint density at radius 2 is 2.04 bits per heavy atom. The maximum Gasteiger partial charge on any atom is 0.443 e. The van der Waals surface area contributed by atoms with Crippen molar-refractivity contribution in [2.24, 2.45) is 7.05 Å². The summed E-state index contributed by atoms with van der Waals surface area (Å²) in [6.45, 7) is 0. The SMILES string of the molecule is Cn1cc2c3cc(C(=O)O)ccc3n(-c3csc(C(F)(F)F)n3)c2n1. The Bertz CT molecular complexity index is 1140. The van der Waals surface area contributed by atoms with Gasteiger partial charge in [0.05, 0.1) is 11.1 Å². The van der Waals surface area contributed by atoms with E-state index >= 15 is 0 Å². The highest BCUT2D eigenvalue weighted by Gasteiger charge is 2.35. The van der Waals surface area contributed by atoms with Gasteiger partial charge in [0.2, 0.25) is 0 Å². The number of alkyl halides is 3. The van der Waals surface area contributed by atoms with E-state index in [1.54, 1.807) is 19.3 Å². The Kier molecular flexibility index (Phi) is 3.16. The number of halogens is 3. The molecule has 1 N–H and O–H groups in total. The van der Waals surface area contributed by atoms with Crippen molar-refractivity contribution in [3.05, 3.63) is 40.3 Å². The van der Waals surface area contributed by atoms with Crippen LogP contribution in [0.3, 0.4) is 0 Å². The van der Waals surface area contributed by atoms with Gasteiger partial charge in [-0.25, -0.2) is 9.78 Å². The van der Waals surface area contributed by atoms with E-state index in [1.807, 2.05) is 0 Å². The zero-order valence-electron chi connectivity index (χ0n) is 12.6. The number of aryl methyl sites for hydroxylation is 1. The summed E-state index contributed by atoms with van der Waals surface area (Å²) in [6, 6.07) is 4.43. The second kappa shape index (κ2) is 5.06. The van der Waals surface area contributed by atoms with Crippen molar-refractivity contribution >= 4 is 39.2 Å². The highest BCUT2D eigenvalue weighted by Crippen LogP contribution is 2.36. The van der Waals surface area contributed by atoms with Gasteiger partial charge >= 0.3 is 12.1 Å². The first-order valence-electron chi connectivity index (χ1n) is 7.00. The standard InChI is InChI=1S/C15H9F3N4O2S/c1-21-5-9-8-4-7(13(23)24)2-3-10(8)22(12(9)20-21)11-6-25-14(19-11)15(16,17)18/h2-6H,1H3,(H,23,24). The van der Waals surface area contributed by atoms with Gasteiger partial charge in [0.1, 0.15) is 0 Å². The van der Waals surface area contributed by atoms with E-state index in [2.05, 4.69) is 10.1 Å². The van der Waals surface area contributed by atoms with Crippen molar-refractivity contribution < 1.29 is 23.1 Å². The first kappa shape index (κ1) is 15.6. The van der Waals surface area contributed by atoms with Crippen molar-refractivity contribution in [2.45, 2.75) is 6.18 Å². The van der Waals surface area contributed by atoms with Gasteiger partial charge in [-0.05, 0) is 18.2 Å². The highest BCUT2D eigenvalue weighted by atomic mass is 32.1. The number of thiazole rings is 1. The summed E-state index contributed by atoms with van der Waals surface area (Å²) in [5, 5.41) is 15.1. The number of carboxylic acids is 1. The van der Waals surface area contributed by atoms with Crippen molar-refractivity contribution in [1.29, 1.82) is 0 Å². The molecule has 0 aliphatic carbocycles. The number of carboxylic acid groups (broad SMARTS) is 1. The fraction of sp³-hybridized carbons (Fsp3) is 0.133. The average Bonchev–Trinajstić information content (AvgIpc) is 3.19. The smallest absolute Gasteiger partial charge is 0.443 e. The number of aromatic carboxylic acids is 1. The van der Waals surface area contributed by atoms with Gasteiger partial charge in [-0.15, -0.1) is 11.3 Å². The zero-order chi connectivity index (χ0) is 17.9. The molecule has 0 aliphatic heterocycles. The number of rotatable bonds is 2. The van der Waals surface area contributed by atoms with Gasteiger partial charge < -0.3 is 5.11 Å². The van der Waals surface area contributed by atoms with Crippen LogP contribution in [0.25, 0.3) is 27.8 Å². The van der Waals surface area contributed by atoms with Gasteiger partial charge in [0.25, 0.3) is 0 Å². The molecule has 3 heterocycles. The number of hydrogen-bond acceptors (Lipinski definition) is 4. The van der Waals surface area contributed by atoms with Gasteiger partial charge in [-0.1, -0.05) is 0 Å². The van der Waals surface area contributed by atoms with Gasteiger partial charge in [-0.2, -0.15) is 18.3 Å². The molecule has 0 saturated carbocycles. The molecule has 0 saturated heterocycles. The summed E-state index contributed by atoms with van der Waals surface area (Å²) in [4.78, 5) is 14.9. The quantitative estimate of drug-likeness (QED) is 0.587. The molecular weight excluding hydrogens is 357 g/mol. The second-order valence-corrected chi connectivity index (χ2v) is 6.28. The van der Waals surface area contributed by atoms with Crippen LogP contribution in [0.5, 0.6) is 0 Å². The third-order valence-electron chi connectivity index (χ3n) is 3.76. The van der Waals surface area contributed by atoms with Crippen LogP contribution in [-0.4, -0.2) is 30.4 Å². The van der Waals surface area contributed by atoms with E-state index in [9.17, 15) is 23.1 Å². The zero-order valence-corrected chi connectivity index (χ0v) is 13.4. The van der Waals surface area contributed by atoms with E-state index in [1.165, 1.54) is 26.8 Å². The minimum atomic E-state index is -4.52. The Balaban J connectivity index is 2.04. The molecule has 0 unspecified atom stereocenters. The molecule has 4 aromatic rings. The van der Waals surface area contributed by atoms with E-state index in [-0.39, 0.29) is 11.4 Å². The maximum atomic E-state index is 12.9. The highest BCUT2D eigenvalue weighted by molar-refractivity contribution is 7.10. The van der Waals surface area contributed by atoms with Crippen LogP contribution in [0.4, 0.5) is 13.2 Å². The van der Waals surface area contributed by atoms with Crippen LogP contribution in [0.1, 0.15) is 15.4 Å². The Morgan fingerprint density at radius 1 is 1.28 bits per heavy atom. The molecule has 0 fully saturated rings. The van der Waals surface area contributed by atoms with Crippen molar-refractivity contribution in [3.8, 4) is 5.82 Å². The third-order valence-corrected chi connectivity index (χ3v) is 4.63. The number of fused-ring (bicyclic) bond motifs is 3. The molecule has 3 aromatic heterocycles. The first-order valence-corrected chi connectivity index (χ1v) is 7.88. The molecular formula is C15H9F3N4O2S. The van der Waals surface area contributed by atoms with Crippen LogP contribution >= 0.6 is 11.3 Å². The Hall–Kier alpha value is -2.88. The van der Waals surface area contributed by atoms with E-state index in [0.29, 0.717) is 33.3 Å². The largest absolute Gasteiger partial charge is 0.478 e. The topological polar surface area (TPSA) is 72.9 Å². The Morgan fingerprint density at radius 3 is 2.68 bits per heavy atom. The average molecular weight is 366 g/mol. The third kappa shape index (κ3) is 2.37. The van der Waals surface area contributed by atoms with Crippen LogP contribution in [0, 0.1) is 0 Å².